The first-order chi connectivity index (χ1) is 10.8. The van der Waals surface area contributed by atoms with E-state index in [4.69, 9.17) is 4.42 Å². The Morgan fingerprint density at radius 1 is 0.773 bits per heavy atom. The molecule has 0 aliphatic heterocycles. The quantitative estimate of drug-likeness (QED) is 0.690. The second-order valence-electron chi connectivity index (χ2n) is 5.23. The first-order valence-corrected chi connectivity index (χ1v) is 7.39. The van der Waals surface area contributed by atoms with Gasteiger partial charge in [0.2, 0.25) is 11.8 Å². The Kier molecular flexibility index (Phi) is 4.59. The number of aromatic nitrogens is 2. The predicted molar refractivity (Wildman–Crippen MR) is 82.0 cm³/mol. The summed E-state index contributed by atoms with van der Waals surface area (Å²) in [6.45, 7) is 0. The molecule has 0 radical (unpaired) electrons. The topological polar surface area (TPSA) is 38.9 Å². The highest BCUT2D eigenvalue weighted by molar-refractivity contribution is 5.19. The lowest BCUT2D eigenvalue weighted by Gasteiger charge is -1.98. The number of aryl methyl sites for hydroxylation is 2. The van der Waals surface area contributed by atoms with E-state index in [1.165, 1.54) is 17.7 Å². The molecular formula is C18H17FN2O. The summed E-state index contributed by atoms with van der Waals surface area (Å²) in [7, 11) is 0. The summed E-state index contributed by atoms with van der Waals surface area (Å²) < 4.78 is 18.5. The molecular weight excluding hydrogens is 279 g/mol. The zero-order chi connectivity index (χ0) is 15.2. The van der Waals surface area contributed by atoms with E-state index in [2.05, 4.69) is 22.3 Å². The zero-order valence-electron chi connectivity index (χ0n) is 12.2. The molecule has 0 unspecified atom stereocenters. The molecule has 1 aromatic heterocycles. The number of nitrogens with zero attached hydrogens (tertiary/aromatic N) is 2. The van der Waals surface area contributed by atoms with Crippen molar-refractivity contribution < 1.29 is 8.81 Å². The van der Waals surface area contributed by atoms with Gasteiger partial charge in [-0.2, -0.15) is 0 Å². The number of hydrogen-bond acceptors (Lipinski definition) is 3. The Balaban J connectivity index is 1.51. The third-order valence-corrected chi connectivity index (χ3v) is 3.48. The van der Waals surface area contributed by atoms with E-state index in [9.17, 15) is 4.39 Å². The van der Waals surface area contributed by atoms with E-state index < -0.39 is 0 Å². The van der Waals surface area contributed by atoms with Gasteiger partial charge in [0.05, 0.1) is 6.42 Å². The van der Waals surface area contributed by atoms with Crippen LogP contribution in [0.15, 0.2) is 59.0 Å². The van der Waals surface area contributed by atoms with Gasteiger partial charge in [-0.05, 0) is 36.1 Å². The predicted octanol–water partition coefficient (Wildman–Crippen LogP) is 3.97. The molecule has 3 nitrogen and oxygen atoms in total. The molecule has 0 bridgehead atoms. The molecule has 0 saturated heterocycles. The van der Waals surface area contributed by atoms with E-state index in [1.54, 1.807) is 12.1 Å². The van der Waals surface area contributed by atoms with Gasteiger partial charge in [0.25, 0.3) is 0 Å². The third-order valence-electron chi connectivity index (χ3n) is 3.48. The summed E-state index contributed by atoms with van der Waals surface area (Å²) in [5.74, 6) is 0.991. The number of rotatable bonds is 6. The van der Waals surface area contributed by atoms with Crippen molar-refractivity contribution in [1.82, 2.24) is 10.2 Å². The Hall–Kier alpha value is -2.49. The molecule has 3 aromatic rings. The molecule has 0 saturated carbocycles. The normalized spacial score (nSPS) is 10.8. The molecule has 4 heteroatoms. The molecule has 0 N–H and O–H groups in total. The molecule has 22 heavy (non-hydrogen) atoms. The maximum atomic E-state index is 12.9. The molecule has 0 aliphatic carbocycles. The summed E-state index contributed by atoms with van der Waals surface area (Å²) >= 11 is 0. The van der Waals surface area contributed by atoms with Crippen LogP contribution >= 0.6 is 0 Å². The van der Waals surface area contributed by atoms with Gasteiger partial charge in [0.1, 0.15) is 5.82 Å². The van der Waals surface area contributed by atoms with Gasteiger partial charge in [0, 0.05) is 6.42 Å². The van der Waals surface area contributed by atoms with Crippen molar-refractivity contribution >= 4 is 0 Å². The lowest BCUT2D eigenvalue weighted by atomic mass is 10.1. The second-order valence-corrected chi connectivity index (χ2v) is 5.23. The molecule has 0 aliphatic rings. The average molecular weight is 296 g/mol. The molecule has 112 valence electrons. The maximum absolute atomic E-state index is 12.9. The van der Waals surface area contributed by atoms with Crippen molar-refractivity contribution in [3.63, 3.8) is 0 Å². The van der Waals surface area contributed by atoms with Crippen LogP contribution in [0, 0.1) is 5.82 Å². The van der Waals surface area contributed by atoms with Crippen molar-refractivity contribution in [2.24, 2.45) is 0 Å². The standard InChI is InChI=1S/C18H17FN2O/c19-16-11-9-15(10-12-16)13-18-21-20-17(22-18)8-4-7-14-5-2-1-3-6-14/h1-3,5-6,9-12H,4,7-8,13H2. The average Bonchev–Trinajstić information content (AvgIpc) is 2.98. The molecule has 1 heterocycles. The maximum Gasteiger partial charge on any atom is 0.220 e. The van der Waals surface area contributed by atoms with Crippen LogP contribution in [-0.4, -0.2) is 10.2 Å². The van der Waals surface area contributed by atoms with Crippen molar-refractivity contribution in [2.75, 3.05) is 0 Å². The number of halogens is 1. The van der Waals surface area contributed by atoms with E-state index in [1.807, 2.05) is 18.2 Å². The fourth-order valence-electron chi connectivity index (χ4n) is 2.33. The van der Waals surface area contributed by atoms with E-state index >= 15 is 0 Å². The molecule has 2 aromatic carbocycles. The van der Waals surface area contributed by atoms with E-state index in [0.29, 0.717) is 18.2 Å². The monoisotopic (exact) mass is 296 g/mol. The molecule has 3 rings (SSSR count). The number of hydrogen-bond donors (Lipinski definition) is 0. The lowest BCUT2D eigenvalue weighted by molar-refractivity contribution is 0.452. The summed E-state index contributed by atoms with van der Waals surface area (Å²) in [5.41, 5.74) is 2.27. The van der Waals surface area contributed by atoms with E-state index in [0.717, 1.165) is 24.8 Å². The van der Waals surface area contributed by atoms with Crippen molar-refractivity contribution in [2.45, 2.75) is 25.7 Å². The Morgan fingerprint density at radius 3 is 2.27 bits per heavy atom. The summed E-state index contributed by atoms with van der Waals surface area (Å²) in [5, 5.41) is 8.12. The van der Waals surface area contributed by atoms with Crippen molar-refractivity contribution in [3.05, 3.63) is 83.3 Å². The summed E-state index contributed by atoms with van der Waals surface area (Å²) in [4.78, 5) is 0. The Labute approximate surface area is 128 Å². The lowest BCUT2D eigenvalue weighted by Crippen LogP contribution is -1.90. The van der Waals surface area contributed by atoms with Crippen LogP contribution in [0.25, 0.3) is 0 Å². The second kappa shape index (κ2) is 6.98. The summed E-state index contributed by atoms with van der Waals surface area (Å²) in [6, 6.07) is 16.7. The van der Waals surface area contributed by atoms with Gasteiger partial charge >= 0.3 is 0 Å². The first-order valence-electron chi connectivity index (χ1n) is 7.39. The van der Waals surface area contributed by atoms with Gasteiger partial charge in [-0.1, -0.05) is 42.5 Å². The van der Waals surface area contributed by atoms with Crippen LogP contribution in [0.1, 0.15) is 29.3 Å². The van der Waals surface area contributed by atoms with Crippen molar-refractivity contribution in [1.29, 1.82) is 0 Å². The van der Waals surface area contributed by atoms with Crippen LogP contribution in [0.4, 0.5) is 4.39 Å². The van der Waals surface area contributed by atoms with Gasteiger partial charge in [-0.3, -0.25) is 0 Å². The fraction of sp³-hybridized carbons (Fsp3) is 0.222. The zero-order valence-corrected chi connectivity index (χ0v) is 12.2. The first kappa shape index (κ1) is 14.4. The number of benzene rings is 2. The fourth-order valence-corrected chi connectivity index (χ4v) is 2.33. The highest BCUT2D eigenvalue weighted by atomic mass is 19.1. The minimum Gasteiger partial charge on any atom is -0.425 e. The SMILES string of the molecule is Fc1ccc(Cc2nnc(CCCc3ccccc3)o2)cc1. The Morgan fingerprint density at radius 2 is 1.50 bits per heavy atom. The van der Waals surface area contributed by atoms with Gasteiger partial charge in [0.15, 0.2) is 0 Å². The van der Waals surface area contributed by atoms with Crippen LogP contribution in [0.2, 0.25) is 0 Å². The minimum atomic E-state index is -0.240. The summed E-state index contributed by atoms with van der Waals surface area (Å²) in [6.07, 6.45) is 3.27. The highest BCUT2D eigenvalue weighted by Gasteiger charge is 2.07. The van der Waals surface area contributed by atoms with Crippen LogP contribution in [0.5, 0.6) is 0 Å². The van der Waals surface area contributed by atoms with Gasteiger partial charge in [-0.25, -0.2) is 4.39 Å². The molecule has 0 atom stereocenters. The van der Waals surface area contributed by atoms with Crippen LogP contribution < -0.4 is 0 Å². The minimum absolute atomic E-state index is 0.240. The third kappa shape index (κ3) is 4.01. The Bertz CT molecular complexity index is 707. The smallest absolute Gasteiger partial charge is 0.220 e. The van der Waals surface area contributed by atoms with Gasteiger partial charge in [-0.15, -0.1) is 10.2 Å². The van der Waals surface area contributed by atoms with Gasteiger partial charge < -0.3 is 4.42 Å². The van der Waals surface area contributed by atoms with Crippen molar-refractivity contribution in [3.8, 4) is 0 Å². The van der Waals surface area contributed by atoms with E-state index in [-0.39, 0.29) is 5.82 Å². The molecule has 0 fully saturated rings. The van der Waals surface area contributed by atoms with Crippen LogP contribution in [-0.2, 0) is 19.3 Å². The van der Waals surface area contributed by atoms with Crippen LogP contribution in [0.3, 0.4) is 0 Å². The highest BCUT2D eigenvalue weighted by Crippen LogP contribution is 2.12. The molecule has 0 amide bonds. The molecule has 0 spiro atoms. The largest absolute Gasteiger partial charge is 0.425 e.